The molecule has 3 heterocycles. The molecule has 0 radical (unpaired) electrons. The van der Waals surface area contributed by atoms with Gasteiger partial charge in [-0.2, -0.15) is 5.10 Å². The van der Waals surface area contributed by atoms with E-state index < -0.39 is 6.03 Å². The largest absolute Gasteiger partial charge is 0.454 e. The maximum atomic E-state index is 12.9. The Bertz CT molecular complexity index is 1460. The van der Waals surface area contributed by atoms with Gasteiger partial charge in [0.2, 0.25) is 6.79 Å². The molecule has 0 unspecified atom stereocenters. The number of benzene rings is 2. The van der Waals surface area contributed by atoms with Crippen molar-refractivity contribution >= 4 is 34.6 Å². The minimum atomic E-state index is -0.409. The molecule has 4 aromatic rings. The Morgan fingerprint density at radius 1 is 1.00 bits per heavy atom. The van der Waals surface area contributed by atoms with E-state index in [0.717, 1.165) is 18.4 Å². The Morgan fingerprint density at radius 2 is 1.74 bits per heavy atom. The molecule has 0 saturated heterocycles. The van der Waals surface area contributed by atoms with Gasteiger partial charge >= 0.3 is 6.03 Å². The number of anilines is 3. The van der Waals surface area contributed by atoms with E-state index in [2.05, 4.69) is 26.0 Å². The highest BCUT2D eigenvalue weighted by molar-refractivity contribution is 6.07. The summed E-state index contributed by atoms with van der Waals surface area (Å²) in [6.45, 7) is 0.163. The molecule has 0 spiro atoms. The lowest BCUT2D eigenvalue weighted by atomic mass is 10.0. The summed E-state index contributed by atoms with van der Waals surface area (Å²) >= 11 is 0. The molecule has 0 atom stereocenters. The van der Waals surface area contributed by atoms with Crippen molar-refractivity contribution in [3.63, 3.8) is 0 Å². The third-order valence-corrected chi connectivity index (χ3v) is 5.82. The number of nitrogens with one attached hydrogen (secondary N) is 3. The lowest BCUT2D eigenvalue weighted by Gasteiger charge is -2.10. The smallest absolute Gasteiger partial charge is 0.323 e. The number of carbonyl (C=O) groups is 2. The minimum absolute atomic E-state index is 0.163. The van der Waals surface area contributed by atoms with Crippen molar-refractivity contribution in [1.82, 2.24) is 19.9 Å². The molecular formula is C24H21N7O4. The van der Waals surface area contributed by atoms with Crippen molar-refractivity contribution in [3.8, 4) is 22.6 Å². The lowest BCUT2D eigenvalue weighted by Crippen LogP contribution is -2.25. The van der Waals surface area contributed by atoms with E-state index >= 15 is 0 Å². The number of nitrogen functional groups attached to an aromatic ring is 1. The average Bonchev–Trinajstić information content (AvgIpc) is 3.38. The predicted octanol–water partition coefficient (Wildman–Crippen LogP) is 3.24. The molecule has 11 heteroatoms. The van der Waals surface area contributed by atoms with Crippen LogP contribution in [0, 0.1) is 0 Å². The summed E-state index contributed by atoms with van der Waals surface area (Å²) in [6, 6.07) is 12.1. The van der Waals surface area contributed by atoms with Gasteiger partial charge in [0.25, 0.3) is 5.91 Å². The van der Waals surface area contributed by atoms with E-state index in [9.17, 15) is 9.59 Å². The normalized spacial score (nSPS) is 14.1. The molecular weight excluding hydrogens is 450 g/mol. The Kier molecular flexibility index (Phi) is 4.87. The highest BCUT2D eigenvalue weighted by Gasteiger charge is 2.27. The van der Waals surface area contributed by atoms with Crippen LogP contribution in [0.2, 0.25) is 0 Å². The van der Waals surface area contributed by atoms with Crippen LogP contribution in [0.3, 0.4) is 0 Å². The number of hydrogen-bond acceptors (Lipinski definition) is 7. The van der Waals surface area contributed by atoms with Crippen LogP contribution < -0.4 is 31.2 Å². The van der Waals surface area contributed by atoms with E-state index in [1.807, 2.05) is 12.1 Å². The molecule has 2 aromatic heterocycles. The first-order chi connectivity index (χ1) is 17.0. The molecule has 2 aromatic carbocycles. The summed E-state index contributed by atoms with van der Waals surface area (Å²) < 4.78 is 12.2. The lowest BCUT2D eigenvalue weighted by molar-refractivity contribution is 0.0951. The topological polar surface area (TPSA) is 145 Å². The monoisotopic (exact) mass is 471 g/mol. The van der Waals surface area contributed by atoms with Crippen LogP contribution in [0.5, 0.6) is 11.5 Å². The molecule has 2 aliphatic rings. The number of ether oxygens (including phenoxy) is 2. The van der Waals surface area contributed by atoms with Crippen molar-refractivity contribution in [3.05, 3.63) is 60.6 Å². The van der Waals surface area contributed by atoms with Gasteiger partial charge in [-0.25, -0.2) is 14.3 Å². The van der Waals surface area contributed by atoms with E-state index in [0.29, 0.717) is 39.5 Å². The van der Waals surface area contributed by atoms with Crippen LogP contribution in [-0.4, -0.2) is 39.4 Å². The summed E-state index contributed by atoms with van der Waals surface area (Å²) in [5.41, 5.74) is 9.68. The quantitative estimate of drug-likeness (QED) is 0.350. The van der Waals surface area contributed by atoms with E-state index in [1.54, 1.807) is 41.0 Å². The third kappa shape index (κ3) is 4.03. The summed E-state index contributed by atoms with van der Waals surface area (Å²) in [5, 5.41) is 12.8. The standard InChI is InChI=1S/C24H21N7O4/c25-22-21-20(17(10-31(21)27-11-26-22)23(32)28-14-5-6-14)13-1-3-15(4-2-13)29-24(33)30-16-7-8-18-19(9-16)35-12-34-18/h1-4,7-11,14H,5-6,12H2,(H,28,32)(H2,25,26,27)(H2,29,30,33). The number of nitrogens with two attached hydrogens (primary N) is 1. The van der Waals surface area contributed by atoms with Gasteiger partial charge in [0, 0.05) is 35.2 Å². The molecule has 5 N–H and O–H groups in total. The molecule has 3 amide bonds. The number of nitrogens with zero attached hydrogens (tertiary/aromatic N) is 3. The maximum Gasteiger partial charge on any atom is 0.323 e. The second-order valence-corrected chi connectivity index (χ2v) is 8.33. The number of aromatic nitrogens is 3. The zero-order valence-corrected chi connectivity index (χ0v) is 18.4. The van der Waals surface area contributed by atoms with Crippen molar-refractivity contribution in [2.75, 3.05) is 23.2 Å². The SMILES string of the molecule is Nc1ncnn2cc(C(=O)NC3CC3)c(-c3ccc(NC(=O)Nc4ccc5c(c4)OCO5)cc3)c12. The van der Waals surface area contributed by atoms with Crippen LogP contribution >= 0.6 is 0 Å². The fourth-order valence-electron chi connectivity index (χ4n) is 3.98. The Hall–Kier alpha value is -4.80. The molecule has 1 fully saturated rings. The first-order valence-corrected chi connectivity index (χ1v) is 11.1. The number of hydrogen-bond donors (Lipinski definition) is 4. The van der Waals surface area contributed by atoms with Gasteiger partial charge in [-0.3, -0.25) is 4.79 Å². The highest BCUT2D eigenvalue weighted by atomic mass is 16.7. The summed E-state index contributed by atoms with van der Waals surface area (Å²) in [6.07, 6.45) is 4.96. The Balaban J connectivity index is 1.24. The molecule has 35 heavy (non-hydrogen) atoms. The fourth-order valence-corrected chi connectivity index (χ4v) is 3.98. The van der Waals surface area contributed by atoms with Crippen molar-refractivity contribution < 1.29 is 19.1 Å². The van der Waals surface area contributed by atoms with Gasteiger partial charge < -0.3 is 31.2 Å². The second-order valence-electron chi connectivity index (χ2n) is 8.33. The van der Waals surface area contributed by atoms with Gasteiger partial charge in [0.1, 0.15) is 11.8 Å². The third-order valence-electron chi connectivity index (χ3n) is 5.82. The zero-order valence-electron chi connectivity index (χ0n) is 18.4. The van der Waals surface area contributed by atoms with Gasteiger partial charge in [-0.05, 0) is 42.7 Å². The zero-order chi connectivity index (χ0) is 23.9. The summed E-state index contributed by atoms with van der Waals surface area (Å²) in [7, 11) is 0. The highest BCUT2D eigenvalue weighted by Crippen LogP contribution is 2.35. The molecule has 176 valence electrons. The number of carbonyl (C=O) groups excluding carboxylic acids is 2. The molecule has 6 rings (SSSR count). The van der Waals surface area contributed by atoms with Gasteiger partial charge in [0.15, 0.2) is 17.3 Å². The van der Waals surface area contributed by atoms with Crippen LogP contribution in [0.15, 0.2) is 55.0 Å². The Labute approximate surface area is 199 Å². The summed E-state index contributed by atoms with van der Waals surface area (Å²) in [4.78, 5) is 29.5. The van der Waals surface area contributed by atoms with Crippen molar-refractivity contribution in [2.45, 2.75) is 18.9 Å². The average molecular weight is 471 g/mol. The predicted molar refractivity (Wildman–Crippen MR) is 129 cm³/mol. The molecule has 1 aliphatic heterocycles. The summed E-state index contributed by atoms with van der Waals surface area (Å²) in [5.74, 6) is 1.31. The van der Waals surface area contributed by atoms with E-state index in [4.69, 9.17) is 15.2 Å². The number of amides is 3. The van der Waals surface area contributed by atoms with Crippen LogP contribution in [0.4, 0.5) is 22.0 Å². The van der Waals surface area contributed by atoms with Crippen molar-refractivity contribution in [1.29, 1.82) is 0 Å². The number of urea groups is 1. The van der Waals surface area contributed by atoms with E-state index in [-0.39, 0.29) is 24.6 Å². The molecule has 11 nitrogen and oxygen atoms in total. The molecule has 1 aliphatic carbocycles. The number of fused-ring (bicyclic) bond motifs is 2. The van der Waals surface area contributed by atoms with Gasteiger partial charge in [0.05, 0.1) is 5.56 Å². The van der Waals surface area contributed by atoms with E-state index in [1.165, 1.54) is 6.33 Å². The minimum Gasteiger partial charge on any atom is -0.454 e. The van der Waals surface area contributed by atoms with Crippen LogP contribution in [0.25, 0.3) is 16.6 Å². The first kappa shape index (κ1) is 20.8. The number of rotatable bonds is 5. The first-order valence-electron chi connectivity index (χ1n) is 11.1. The van der Waals surface area contributed by atoms with Crippen molar-refractivity contribution in [2.24, 2.45) is 0 Å². The van der Waals surface area contributed by atoms with Crippen LogP contribution in [0.1, 0.15) is 23.2 Å². The van der Waals surface area contributed by atoms with Gasteiger partial charge in [-0.1, -0.05) is 12.1 Å². The van der Waals surface area contributed by atoms with Crippen LogP contribution in [-0.2, 0) is 0 Å². The fraction of sp³-hybridized carbons (Fsp3) is 0.167. The Morgan fingerprint density at radius 3 is 2.54 bits per heavy atom. The molecule has 1 saturated carbocycles. The second kappa shape index (κ2) is 8.20. The maximum absolute atomic E-state index is 12.9. The van der Waals surface area contributed by atoms with Gasteiger partial charge in [-0.15, -0.1) is 0 Å². The molecule has 0 bridgehead atoms.